The number of carbonyl (C=O) groups is 2. The topological polar surface area (TPSA) is 66.7 Å². The number of nitrogens with zero attached hydrogens (tertiary/aromatic N) is 1. The molecule has 0 rings (SSSR count). The van der Waals surface area contributed by atoms with Crippen molar-refractivity contribution in [1.82, 2.24) is 0 Å². The van der Waals surface area contributed by atoms with Crippen LogP contribution in [0.5, 0.6) is 0 Å². The number of hydrogen-bond acceptors (Lipinski definition) is 3. The molecule has 0 aliphatic rings. The van der Waals surface area contributed by atoms with Gasteiger partial charge in [0.2, 0.25) is 0 Å². The van der Waals surface area contributed by atoms with Gasteiger partial charge in [0.1, 0.15) is 6.54 Å². The largest absolute Gasteiger partial charge is 0.481 e. The van der Waals surface area contributed by atoms with Crippen LogP contribution < -0.4 is 0 Å². The van der Waals surface area contributed by atoms with Crippen LogP contribution >= 0.6 is 0 Å². The first kappa shape index (κ1) is 9.55. The van der Waals surface area contributed by atoms with E-state index in [1.54, 1.807) is 0 Å². The van der Waals surface area contributed by atoms with Gasteiger partial charge in [0, 0.05) is 6.21 Å². The molecule has 0 aromatic rings. The lowest BCUT2D eigenvalue weighted by atomic mass is 10.4. The molecule has 0 radical (unpaired) electrons. The van der Waals surface area contributed by atoms with E-state index in [2.05, 4.69) is 11.6 Å². The molecule has 0 fully saturated rings. The van der Waals surface area contributed by atoms with E-state index < -0.39 is 5.97 Å². The first-order valence-corrected chi connectivity index (χ1v) is 3.02. The van der Waals surface area contributed by atoms with Gasteiger partial charge in [-0.25, -0.2) is 0 Å². The number of carbonyl (C=O) groups excluding carboxylic acids is 1. The lowest BCUT2D eigenvalue weighted by Crippen LogP contribution is -1.99. The number of ketones is 1. The first-order valence-electron chi connectivity index (χ1n) is 3.02. The molecule has 0 saturated carbocycles. The molecule has 0 heterocycles. The molecular weight excluding hydrogens is 146 g/mol. The fourth-order valence-corrected chi connectivity index (χ4v) is 0.362. The summed E-state index contributed by atoms with van der Waals surface area (Å²) in [6.07, 6.45) is 2.20. The molecule has 0 aliphatic carbocycles. The number of carboxylic acids is 1. The van der Waals surface area contributed by atoms with Crippen LogP contribution in [0.25, 0.3) is 0 Å². The van der Waals surface area contributed by atoms with Gasteiger partial charge < -0.3 is 5.11 Å². The van der Waals surface area contributed by atoms with Crippen LogP contribution in [0.3, 0.4) is 0 Å². The Kier molecular flexibility index (Phi) is 4.64. The number of rotatable bonds is 5. The summed E-state index contributed by atoms with van der Waals surface area (Å²) in [7, 11) is 0. The Morgan fingerprint density at radius 2 is 2.18 bits per heavy atom. The fourth-order valence-electron chi connectivity index (χ4n) is 0.362. The maximum absolute atomic E-state index is 10.5. The SMILES string of the molecule is C=CC(=O)CN=CCC(=O)O. The molecule has 0 saturated heterocycles. The van der Waals surface area contributed by atoms with Crippen molar-refractivity contribution < 1.29 is 14.7 Å². The Hall–Kier alpha value is -1.45. The van der Waals surface area contributed by atoms with Crippen LogP contribution in [0.2, 0.25) is 0 Å². The Morgan fingerprint density at radius 1 is 1.55 bits per heavy atom. The van der Waals surface area contributed by atoms with Crippen molar-refractivity contribution >= 4 is 18.0 Å². The van der Waals surface area contributed by atoms with Crippen molar-refractivity contribution in [1.29, 1.82) is 0 Å². The van der Waals surface area contributed by atoms with Crippen molar-refractivity contribution in [2.24, 2.45) is 4.99 Å². The minimum absolute atomic E-state index is 0.0171. The zero-order chi connectivity index (χ0) is 8.69. The van der Waals surface area contributed by atoms with Gasteiger partial charge in [0.25, 0.3) is 0 Å². The van der Waals surface area contributed by atoms with Crippen molar-refractivity contribution in [3.63, 3.8) is 0 Å². The third-order valence-corrected chi connectivity index (χ3v) is 0.870. The second kappa shape index (κ2) is 5.34. The summed E-state index contributed by atoms with van der Waals surface area (Å²) in [5, 5.41) is 8.14. The average molecular weight is 155 g/mol. The van der Waals surface area contributed by atoms with E-state index >= 15 is 0 Å². The second-order valence-electron chi connectivity index (χ2n) is 1.79. The zero-order valence-corrected chi connectivity index (χ0v) is 5.99. The number of aliphatic carboxylic acids is 1. The monoisotopic (exact) mass is 155 g/mol. The Balaban J connectivity index is 3.52. The lowest BCUT2D eigenvalue weighted by molar-refractivity contribution is -0.135. The highest BCUT2D eigenvalue weighted by atomic mass is 16.4. The van der Waals surface area contributed by atoms with Crippen LogP contribution in [0.1, 0.15) is 6.42 Å². The van der Waals surface area contributed by atoms with Crippen molar-refractivity contribution in [2.75, 3.05) is 6.54 Å². The first-order chi connectivity index (χ1) is 5.16. The summed E-state index contributed by atoms with van der Waals surface area (Å²) in [4.78, 5) is 24.0. The van der Waals surface area contributed by atoms with Crippen LogP contribution in [0.15, 0.2) is 17.6 Å². The van der Waals surface area contributed by atoms with Gasteiger partial charge in [-0.3, -0.25) is 14.6 Å². The standard InChI is InChI=1S/C7H9NO3/c1-2-6(9)5-8-4-3-7(10)11/h2,4H,1,3,5H2,(H,10,11). The minimum atomic E-state index is -0.959. The summed E-state index contributed by atoms with van der Waals surface area (Å²) < 4.78 is 0. The highest BCUT2D eigenvalue weighted by molar-refractivity contribution is 5.92. The van der Waals surface area contributed by atoms with E-state index in [0.717, 1.165) is 6.08 Å². The summed E-state index contributed by atoms with van der Waals surface area (Å²) >= 11 is 0. The van der Waals surface area contributed by atoms with Gasteiger partial charge in [-0.1, -0.05) is 6.58 Å². The molecule has 0 bridgehead atoms. The highest BCUT2D eigenvalue weighted by Gasteiger charge is 1.92. The minimum Gasteiger partial charge on any atom is -0.481 e. The molecule has 0 amide bonds. The van der Waals surface area contributed by atoms with E-state index in [-0.39, 0.29) is 18.7 Å². The van der Waals surface area contributed by atoms with E-state index in [1.165, 1.54) is 6.21 Å². The number of carboxylic acid groups (broad SMARTS) is 1. The van der Waals surface area contributed by atoms with Crippen molar-refractivity contribution in [2.45, 2.75) is 6.42 Å². The third kappa shape index (κ3) is 6.44. The molecule has 0 unspecified atom stereocenters. The van der Waals surface area contributed by atoms with E-state index in [0.29, 0.717) is 0 Å². The average Bonchev–Trinajstić information content (AvgIpc) is 1.97. The summed E-state index contributed by atoms with van der Waals surface area (Å²) in [6, 6.07) is 0. The molecule has 0 aromatic heterocycles. The normalized spacial score (nSPS) is 9.82. The molecule has 11 heavy (non-hydrogen) atoms. The predicted molar refractivity (Wildman–Crippen MR) is 40.8 cm³/mol. The van der Waals surface area contributed by atoms with E-state index in [4.69, 9.17) is 5.11 Å². The smallest absolute Gasteiger partial charge is 0.308 e. The summed E-state index contributed by atoms with van der Waals surface area (Å²) in [5.74, 6) is -1.17. The Bertz CT molecular complexity index is 196. The lowest BCUT2D eigenvalue weighted by Gasteiger charge is -1.85. The molecular formula is C7H9NO3. The maximum atomic E-state index is 10.5. The highest BCUT2D eigenvalue weighted by Crippen LogP contribution is 1.77. The summed E-state index contributed by atoms with van der Waals surface area (Å²) in [6.45, 7) is 3.22. The van der Waals surface area contributed by atoms with Gasteiger partial charge in [-0.05, 0) is 6.08 Å². The fraction of sp³-hybridized carbons (Fsp3) is 0.286. The van der Waals surface area contributed by atoms with Gasteiger partial charge >= 0.3 is 5.97 Å². The molecule has 60 valence electrons. The van der Waals surface area contributed by atoms with Crippen LogP contribution in [0.4, 0.5) is 0 Å². The molecule has 0 spiro atoms. The van der Waals surface area contributed by atoms with Crippen molar-refractivity contribution in [3.8, 4) is 0 Å². The number of aliphatic imine (C=N–C) groups is 1. The Labute approximate surface area is 64.3 Å². The van der Waals surface area contributed by atoms with Gasteiger partial charge in [0.05, 0.1) is 6.42 Å². The molecule has 0 aromatic carbocycles. The molecule has 0 aliphatic heterocycles. The van der Waals surface area contributed by atoms with Gasteiger partial charge in [0.15, 0.2) is 5.78 Å². The summed E-state index contributed by atoms with van der Waals surface area (Å²) in [5.41, 5.74) is 0. The number of hydrogen-bond donors (Lipinski definition) is 1. The van der Waals surface area contributed by atoms with Crippen LogP contribution in [-0.4, -0.2) is 29.6 Å². The quantitative estimate of drug-likeness (QED) is 0.458. The van der Waals surface area contributed by atoms with Gasteiger partial charge in [-0.15, -0.1) is 0 Å². The second-order valence-corrected chi connectivity index (χ2v) is 1.79. The van der Waals surface area contributed by atoms with E-state index in [1.807, 2.05) is 0 Å². The Morgan fingerprint density at radius 3 is 2.64 bits per heavy atom. The van der Waals surface area contributed by atoms with E-state index in [9.17, 15) is 9.59 Å². The molecule has 4 heteroatoms. The molecule has 4 nitrogen and oxygen atoms in total. The van der Waals surface area contributed by atoms with Crippen molar-refractivity contribution in [3.05, 3.63) is 12.7 Å². The van der Waals surface area contributed by atoms with Crippen LogP contribution in [0, 0.1) is 0 Å². The zero-order valence-electron chi connectivity index (χ0n) is 5.99. The molecule has 1 N–H and O–H groups in total. The van der Waals surface area contributed by atoms with Gasteiger partial charge in [-0.2, -0.15) is 0 Å². The predicted octanol–water partition coefficient (Wildman–Crippen LogP) is 0.287. The maximum Gasteiger partial charge on any atom is 0.308 e. The third-order valence-electron chi connectivity index (χ3n) is 0.870. The molecule has 0 atom stereocenters. The van der Waals surface area contributed by atoms with Crippen LogP contribution in [-0.2, 0) is 9.59 Å².